The van der Waals surface area contributed by atoms with Crippen LogP contribution < -0.4 is 10.6 Å². The third-order valence-corrected chi connectivity index (χ3v) is 4.39. The Labute approximate surface area is 158 Å². The van der Waals surface area contributed by atoms with E-state index in [0.717, 1.165) is 36.3 Å². The van der Waals surface area contributed by atoms with Gasteiger partial charge in [0.1, 0.15) is 0 Å². The average Bonchev–Trinajstić information content (AvgIpc) is 3.09. The molecule has 2 rings (SSSR count). The van der Waals surface area contributed by atoms with Gasteiger partial charge in [0.2, 0.25) is 0 Å². The molecule has 8 heteroatoms. The molecule has 2 heterocycles. The quantitative estimate of drug-likeness (QED) is 0.405. The van der Waals surface area contributed by atoms with E-state index >= 15 is 0 Å². The van der Waals surface area contributed by atoms with Gasteiger partial charge in [0.15, 0.2) is 5.96 Å². The molecule has 0 saturated heterocycles. The lowest BCUT2D eigenvalue weighted by molar-refractivity contribution is 0.443. The molecule has 6 nitrogen and oxygen atoms in total. The number of aliphatic imine (C=N–C) groups is 1. The summed E-state index contributed by atoms with van der Waals surface area (Å²) in [7, 11) is 1.79. The van der Waals surface area contributed by atoms with Gasteiger partial charge in [-0.3, -0.25) is 9.67 Å². The van der Waals surface area contributed by atoms with Crippen molar-refractivity contribution in [1.82, 2.24) is 25.4 Å². The molecule has 2 aromatic heterocycles. The summed E-state index contributed by atoms with van der Waals surface area (Å²) in [6.07, 6.45) is 3.79. The number of nitrogens with one attached hydrogen (secondary N) is 2. The number of rotatable bonds is 6. The molecular weight excluding hydrogens is 423 g/mol. The fourth-order valence-corrected chi connectivity index (χ4v) is 3.06. The van der Waals surface area contributed by atoms with Gasteiger partial charge in [-0.05, 0) is 25.8 Å². The van der Waals surface area contributed by atoms with Crippen molar-refractivity contribution in [1.29, 1.82) is 0 Å². The van der Waals surface area contributed by atoms with Crippen molar-refractivity contribution in [3.63, 3.8) is 0 Å². The van der Waals surface area contributed by atoms with Crippen molar-refractivity contribution in [2.75, 3.05) is 13.6 Å². The summed E-state index contributed by atoms with van der Waals surface area (Å²) in [4.78, 5) is 9.96. The van der Waals surface area contributed by atoms with Crippen LogP contribution in [0.5, 0.6) is 0 Å². The third kappa shape index (κ3) is 6.46. The third-order valence-electron chi connectivity index (χ3n) is 3.32. The monoisotopic (exact) mass is 448 g/mol. The topological polar surface area (TPSA) is 67.1 Å². The van der Waals surface area contributed by atoms with Crippen molar-refractivity contribution in [2.24, 2.45) is 10.9 Å². The lowest BCUT2D eigenvalue weighted by atomic mass is 10.2. The minimum absolute atomic E-state index is 0. The Hall–Kier alpha value is -1.16. The second-order valence-corrected chi connectivity index (χ2v) is 6.67. The van der Waals surface area contributed by atoms with Crippen LogP contribution in [0.2, 0.25) is 0 Å². The van der Waals surface area contributed by atoms with E-state index in [0.29, 0.717) is 5.92 Å². The number of thiazole rings is 1. The van der Waals surface area contributed by atoms with Crippen LogP contribution in [-0.2, 0) is 13.1 Å². The summed E-state index contributed by atoms with van der Waals surface area (Å²) in [5, 5.41) is 12.0. The van der Waals surface area contributed by atoms with E-state index in [9.17, 15) is 0 Å². The van der Waals surface area contributed by atoms with Gasteiger partial charge in [0.25, 0.3) is 0 Å². The van der Waals surface area contributed by atoms with Crippen molar-refractivity contribution in [3.05, 3.63) is 34.0 Å². The minimum atomic E-state index is 0. The first kappa shape index (κ1) is 19.9. The van der Waals surface area contributed by atoms with Crippen molar-refractivity contribution in [3.8, 4) is 0 Å². The van der Waals surface area contributed by atoms with E-state index in [-0.39, 0.29) is 24.0 Å². The maximum atomic E-state index is 4.44. The number of aryl methyl sites for hydroxylation is 2. The number of halogens is 1. The molecular formula is C15H25IN6S. The summed E-state index contributed by atoms with van der Waals surface area (Å²) in [6.45, 7) is 8.77. The Balaban J connectivity index is 0.00000264. The van der Waals surface area contributed by atoms with Crippen molar-refractivity contribution >= 4 is 41.3 Å². The summed E-state index contributed by atoms with van der Waals surface area (Å²) >= 11 is 1.73. The maximum Gasteiger partial charge on any atom is 0.191 e. The summed E-state index contributed by atoms with van der Waals surface area (Å²) < 4.78 is 1.95. The Morgan fingerprint density at radius 1 is 1.39 bits per heavy atom. The zero-order chi connectivity index (χ0) is 15.9. The van der Waals surface area contributed by atoms with Gasteiger partial charge in [0.05, 0.1) is 17.2 Å². The number of guanidine groups is 1. The summed E-state index contributed by atoms with van der Waals surface area (Å²) in [5.74, 6) is 1.28. The molecule has 0 aromatic carbocycles. The fraction of sp³-hybridized carbons (Fsp3) is 0.533. The van der Waals surface area contributed by atoms with Crippen LogP contribution in [-0.4, -0.2) is 34.3 Å². The molecule has 1 unspecified atom stereocenters. The highest BCUT2D eigenvalue weighted by Crippen LogP contribution is 2.16. The predicted octanol–water partition coefficient (Wildman–Crippen LogP) is 2.58. The van der Waals surface area contributed by atoms with Crippen LogP contribution in [0, 0.1) is 19.8 Å². The van der Waals surface area contributed by atoms with Gasteiger partial charge in [-0.15, -0.1) is 35.3 Å². The van der Waals surface area contributed by atoms with E-state index < -0.39 is 0 Å². The summed E-state index contributed by atoms with van der Waals surface area (Å²) in [5.41, 5.74) is 1.09. The number of nitrogens with zero attached hydrogens (tertiary/aromatic N) is 4. The lowest BCUT2D eigenvalue weighted by Gasteiger charge is -2.16. The van der Waals surface area contributed by atoms with Crippen molar-refractivity contribution in [2.45, 2.75) is 33.9 Å². The molecule has 128 valence electrons. The first-order chi connectivity index (χ1) is 10.6. The van der Waals surface area contributed by atoms with Crippen LogP contribution >= 0.6 is 35.3 Å². The van der Waals surface area contributed by atoms with Crippen LogP contribution in [0.25, 0.3) is 0 Å². The Morgan fingerprint density at radius 2 is 2.17 bits per heavy atom. The summed E-state index contributed by atoms with van der Waals surface area (Å²) in [6, 6.07) is 1.94. The number of hydrogen-bond donors (Lipinski definition) is 2. The zero-order valence-electron chi connectivity index (χ0n) is 14.0. The Morgan fingerprint density at radius 3 is 2.74 bits per heavy atom. The van der Waals surface area contributed by atoms with Crippen LogP contribution in [0.15, 0.2) is 23.5 Å². The van der Waals surface area contributed by atoms with E-state index in [1.807, 2.05) is 30.8 Å². The molecule has 0 spiro atoms. The first-order valence-corrected chi connectivity index (χ1v) is 8.25. The highest BCUT2D eigenvalue weighted by molar-refractivity contribution is 14.0. The molecule has 23 heavy (non-hydrogen) atoms. The Kier molecular flexibility index (Phi) is 8.53. The van der Waals surface area contributed by atoms with Gasteiger partial charge in [-0.2, -0.15) is 5.10 Å². The van der Waals surface area contributed by atoms with Crippen LogP contribution in [0.4, 0.5) is 0 Å². The molecule has 0 saturated carbocycles. The molecule has 0 aliphatic rings. The standard InChI is InChI=1S/C15H24N6S.HI/c1-11(10-21-7-5-6-19-21)8-17-15(16-4)18-9-14-12(2)20-13(3)22-14;/h5-7,11H,8-10H2,1-4H3,(H2,16,17,18);1H. The van der Waals surface area contributed by atoms with Gasteiger partial charge in [-0.25, -0.2) is 4.98 Å². The molecule has 2 N–H and O–H groups in total. The molecule has 0 radical (unpaired) electrons. The maximum absolute atomic E-state index is 4.44. The Bertz CT molecular complexity index is 608. The number of aromatic nitrogens is 3. The van der Waals surface area contributed by atoms with E-state index in [1.165, 1.54) is 4.88 Å². The lowest BCUT2D eigenvalue weighted by Crippen LogP contribution is -2.39. The second-order valence-electron chi connectivity index (χ2n) is 5.38. The molecule has 0 amide bonds. The molecule has 0 aliphatic carbocycles. The van der Waals surface area contributed by atoms with Crippen molar-refractivity contribution < 1.29 is 0 Å². The molecule has 2 aromatic rings. The highest BCUT2D eigenvalue weighted by atomic mass is 127. The smallest absolute Gasteiger partial charge is 0.191 e. The number of hydrogen-bond acceptors (Lipinski definition) is 4. The van der Waals surface area contributed by atoms with Gasteiger partial charge >= 0.3 is 0 Å². The fourth-order valence-electron chi connectivity index (χ4n) is 2.19. The second kappa shape index (κ2) is 9.86. The minimum Gasteiger partial charge on any atom is -0.356 e. The van der Waals surface area contributed by atoms with E-state index in [1.54, 1.807) is 24.6 Å². The molecule has 1 atom stereocenters. The SMILES string of the molecule is CN=C(NCc1sc(C)nc1C)NCC(C)Cn1cccn1.I. The molecule has 0 aliphatic heterocycles. The van der Waals surface area contributed by atoms with Gasteiger partial charge in [0, 0.05) is 37.4 Å². The molecule has 0 bridgehead atoms. The zero-order valence-corrected chi connectivity index (χ0v) is 17.2. The van der Waals surface area contributed by atoms with Crippen LogP contribution in [0.1, 0.15) is 22.5 Å². The predicted molar refractivity (Wildman–Crippen MR) is 107 cm³/mol. The largest absolute Gasteiger partial charge is 0.356 e. The normalized spacial score (nSPS) is 12.6. The molecule has 0 fully saturated rings. The van der Waals surface area contributed by atoms with Gasteiger partial charge in [-0.1, -0.05) is 6.92 Å². The van der Waals surface area contributed by atoms with Crippen LogP contribution in [0.3, 0.4) is 0 Å². The average molecular weight is 448 g/mol. The van der Waals surface area contributed by atoms with Gasteiger partial charge < -0.3 is 10.6 Å². The first-order valence-electron chi connectivity index (χ1n) is 7.43. The highest BCUT2D eigenvalue weighted by Gasteiger charge is 2.07. The van der Waals surface area contributed by atoms with E-state index in [4.69, 9.17) is 0 Å². The van der Waals surface area contributed by atoms with E-state index in [2.05, 4.69) is 32.6 Å².